The van der Waals surface area contributed by atoms with Gasteiger partial charge in [-0.2, -0.15) is 0 Å². The van der Waals surface area contributed by atoms with E-state index in [0.717, 1.165) is 12.2 Å². The van der Waals surface area contributed by atoms with Crippen LogP contribution < -0.4 is 4.74 Å². The minimum Gasteiger partial charge on any atom is -0.494 e. The number of hydrogen-bond donors (Lipinski definition) is 0. The van der Waals surface area contributed by atoms with Crippen LogP contribution in [0.2, 0.25) is 0 Å². The van der Waals surface area contributed by atoms with E-state index in [4.69, 9.17) is 10.3 Å². The molecular formula is C9H10IN3O. The van der Waals surface area contributed by atoms with Crippen LogP contribution in [0.25, 0.3) is 10.4 Å². The molecule has 1 aromatic carbocycles. The number of azide groups is 1. The van der Waals surface area contributed by atoms with E-state index in [9.17, 15) is 0 Å². The van der Waals surface area contributed by atoms with E-state index >= 15 is 0 Å². The monoisotopic (exact) mass is 303 g/mol. The van der Waals surface area contributed by atoms with Crippen molar-refractivity contribution in [2.75, 3.05) is 13.2 Å². The lowest BCUT2D eigenvalue weighted by atomic mass is 10.3. The largest absolute Gasteiger partial charge is 0.494 e. The first-order chi connectivity index (χ1) is 6.83. The van der Waals surface area contributed by atoms with Gasteiger partial charge in [-0.05, 0) is 58.8 Å². The number of nitrogens with zero attached hydrogens (tertiary/aromatic N) is 3. The molecule has 0 spiro atoms. The molecule has 0 aromatic heterocycles. The van der Waals surface area contributed by atoms with E-state index in [0.29, 0.717) is 13.2 Å². The Bertz CT molecular complexity index is 319. The Kier molecular flexibility index (Phi) is 5.17. The van der Waals surface area contributed by atoms with Crippen molar-refractivity contribution in [3.8, 4) is 5.75 Å². The van der Waals surface area contributed by atoms with Gasteiger partial charge in [-0.25, -0.2) is 0 Å². The third-order valence-electron chi connectivity index (χ3n) is 1.55. The van der Waals surface area contributed by atoms with Gasteiger partial charge in [-0.1, -0.05) is 5.11 Å². The van der Waals surface area contributed by atoms with Crippen molar-refractivity contribution in [2.45, 2.75) is 6.42 Å². The van der Waals surface area contributed by atoms with Gasteiger partial charge < -0.3 is 4.74 Å². The summed E-state index contributed by atoms with van der Waals surface area (Å²) >= 11 is 2.24. The van der Waals surface area contributed by atoms with E-state index in [1.54, 1.807) is 0 Å². The zero-order valence-corrected chi connectivity index (χ0v) is 9.72. The zero-order chi connectivity index (χ0) is 10.2. The molecule has 0 radical (unpaired) electrons. The van der Waals surface area contributed by atoms with Gasteiger partial charge in [0, 0.05) is 15.0 Å². The third kappa shape index (κ3) is 4.34. The fourth-order valence-corrected chi connectivity index (χ4v) is 1.26. The molecule has 5 heteroatoms. The quantitative estimate of drug-likeness (QED) is 0.270. The van der Waals surface area contributed by atoms with Gasteiger partial charge in [0.15, 0.2) is 0 Å². The maximum atomic E-state index is 8.03. The van der Waals surface area contributed by atoms with Crippen molar-refractivity contribution >= 4 is 22.6 Å². The first kappa shape index (κ1) is 11.1. The van der Waals surface area contributed by atoms with Crippen molar-refractivity contribution in [1.29, 1.82) is 0 Å². The van der Waals surface area contributed by atoms with Gasteiger partial charge in [0.2, 0.25) is 0 Å². The van der Waals surface area contributed by atoms with Crippen LogP contribution in [0.15, 0.2) is 29.4 Å². The average molecular weight is 303 g/mol. The molecule has 1 aromatic rings. The van der Waals surface area contributed by atoms with Crippen molar-refractivity contribution in [3.05, 3.63) is 38.3 Å². The van der Waals surface area contributed by atoms with Crippen molar-refractivity contribution in [1.82, 2.24) is 0 Å². The summed E-state index contributed by atoms with van der Waals surface area (Å²) in [5.74, 6) is 0.853. The maximum Gasteiger partial charge on any atom is 0.119 e. The number of benzene rings is 1. The van der Waals surface area contributed by atoms with E-state index in [1.807, 2.05) is 24.3 Å². The molecule has 0 fully saturated rings. The van der Waals surface area contributed by atoms with Crippen LogP contribution in [-0.4, -0.2) is 13.2 Å². The topological polar surface area (TPSA) is 58.0 Å². The zero-order valence-electron chi connectivity index (χ0n) is 7.56. The lowest BCUT2D eigenvalue weighted by molar-refractivity contribution is 0.313. The number of hydrogen-bond acceptors (Lipinski definition) is 2. The summed E-state index contributed by atoms with van der Waals surface area (Å²) in [5, 5.41) is 3.42. The highest BCUT2D eigenvalue weighted by Crippen LogP contribution is 2.13. The Morgan fingerprint density at radius 3 is 2.71 bits per heavy atom. The van der Waals surface area contributed by atoms with Crippen LogP contribution in [0.5, 0.6) is 5.75 Å². The predicted molar refractivity (Wildman–Crippen MR) is 63.3 cm³/mol. The highest BCUT2D eigenvalue weighted by Gasteiger charge is 1.92. The van der Waals surface area contributed by atoms with E-state index in [2.05, 4.69) is 32.6 Å². The molecule has 1 rings (SSSR count). The summed E-state index contributed by atoms with van der Waals surface area (Å²) in [5.41, 5.74) is 8.03. The molecule has 74 valence electrons. The minimum absolute atomic E-state index is 0.487. The average Bonchev–Trinajstić information content (AvgIpc) is 2.21. The summed E-state index contributed by atoms with van der Waals surface area (Å²) < 4.78 is 6.61. The summed E-state index contributed by atoms with van der Waals surface area (Å²) in [6.45, 7) is 1.07. The van der Waals surface area contributed by atoms with Crippen LogP contribution in [0.3, 0.4) is 0 Å². The van der Waals surface area contributed by atoms with Crippen molar-refractivity contribution < 1.29 is 4.74 Å². The number of halogens is 1. The number of ether oxygens (including phenoxy) is 1. The second-order valence-corrected chi connectivity index (χ2v) is 3.86. The SMILES string of the molecule is [N-]=[N+]=NCCCOc1ccc(I)cc1. The van der Waals surface area contributed by atoms with Gasteiger partial charge in [0.1, 0.15) is 5.75 Å². The van der Waals surface area contributed by atoms with Crippen LogP contribution in [0, 0.1) is 3.57 Å². The van der Waals surface area contributed by atoms with E-state index in [-0.39, 0.29) is 0 Å². The summed E-state index contributed by atoms with van der Waals surface area (Å²) in [7, 11) is 0. The first-order valence-corrected chi connectivity index (χ1v) is 5.30. The molecular weight excluding hydrogens is 293 g/mol. The van der Waals surface area contributed by atoms with Gasteiger partial charge in [0.25, 0.3) is 0 Å². The first-order valence-electron chi connectivity index (χ1n) is 4.22. The summed E-state index contributed by atoms with van der Waals surface area (Å²) in [4.78, 5) is 2.66. The third-order valence-corrected chi connectivity index (χ3v) is 2.27. The molecule has 14 heavy (non-hydrogen) atoms. The molecule has 0 bridgehead atoms. The fourth-order valence-electron chi connectivity index (χ4n) is 0.901. The summed E-state index contributed by atoms with van der Waals surface area (Å²) in [6, 6.07) is 7.83. The molecule has 0 amide bonds. The minimum atomic E-state index is 0.487. The lowest BCUT2D eigenvalue weighted by Crippen LogP contribution is -1.98. The molecule has 4 nitrogen and oxygen atoms in total. The van der Waals surface area contributed by atoms with Gasteiger partial charge in [-0.3, -0.25) is 0 Å². The van der Waals surface area contributed by atoms with Gasteiger partial charge >= 0.3 is 0 Å². The molecule has 0 aliphatic carbocycles. The number of rotatable bonds is 5. The van der Waals surface area contributed by atoms with E-state index in [1.165, 1.54) is 3.57 Å². The molecule has 0 aliphatic heterocycles. The van der Waals surface area contributed by atoms with Crippen LogP contribution in [0.1, 0.15) is 6.42 Å². The van der Waals surface area contributed by atoms with E-state index < -0.39 is 0 Å². The second kappa shape index (κ2) is 6.50. The van der Waals surface area contributed by atoms with Crippen LogP contribution in [0.4, 0.5) is 0 Å². The Hall–Kier alpha value is -0.940. The lowest BCUT2D eigenvalue weighted by Gasteiger charge is -2.04. The molecule has 0 saturated heterocycles. The summed E-state index contributed by atoms with van der Waals surface area (Å²) in [6.07, 6.45) is 0.746. The highest BCUT2D eigenvalue weighted by molar-refractivity contribution is 14.1. The standard InChI is InChI=1S/C9H10IN3O/c10-8-2-4-9(5-3-8)14-7-1-6-12-13-11/h2-5H,1,6-7H2. The Labute approximate surface area is 96.0 Å². The van der Waals surface area contributed by atoms with Crippen LogP contribution >= 0.6 is 22.6 Å². The molecule has 0 aliphatic rings. The molecule has 0 saturated carbocycles. The van der Waals surface area contributed by atoms with Crippen molar-refractivity contribution in [3.63, 3.8) is 0 Å². The smallest absolute Gasteiger partial charge is 0.119 e. The van der Waals surface area contributed by atoms with Gasteiger partial charge in [-0.15, -0.1) is 0 Å². The Morgan fingerprint density at radius 1 is 1.36 bits per heavy atom. The predicted octanol–water partition coefficient (Wildman–Crippen LogP) is 3.37. The Morgan fingerprint density at radius 2 is 2.07 bits per heavy atom. The van der Waals surface area contributed by atoms with Crippen LogP contribution in [-0.2, 0) is 0 Å². The molecule has 0 atom stereocenters. The molecule has 0 unspecified atom stereocenters. The maximum absolute atomic E-state index is 8.03. The fraction of sp³-hybridized carbons (Fsp3) is 0.333. The Balaban J connectivity index is 2.24. The second-order valence-electron chi connectivity index (χ2n) is 2.61. The molecule has 0 N–H and O–H groups in total. The molecule has 0 heterocycles. The van der Waals surface area contributed by atoms with Gasteiger partial charge in [0.05, 0.1) is 6.61 Å². The normalized spacial score (nSPS) is 9.21. The van der Waals surface area contributed by atoms with Crippen molar-refractivity contribution in [2.24, 2.45) is 5.11 Å². The highest BCUT2D eigenvalue weighted by atomic mass is 127.